The number of ether oxygens (including phenoxy) is 1. The Hall–Kier alpha value is 0.540. The quantitative estimate of drug-likeness (QED) is 0.491. The molecule has 0 aliphatic carbocycles. The maximum atomic E-state index is 11.1. The van der Waals surface area contributed by atoms with Crippen LogP contribution in [0.2, 0.25) is 0 Å². The van der Waals surface area contributed by atoms with Gasteiger partial charge in [-0.05, 0) is 0 Å². The van der Waals surface area contributed by atoms with Crippen LogP contribution in [0.5, 0.6) is 0 Å². The van der Waals surface area contributed by atoms with Crippen LogP contribution in [0.1, 0.15) is 0 Å². The molecule has 0 radical (unpaired) electrons. The molecule has 0 aliphatic heterocycles. The van der Waals surface area contributed by atoms with Gasteiger partial charge in [-0.2, -0.15) is 26.3 Å². The molecule has 0 aliphatic rings. The van der Waals surface area contributed by atoms with E-state index in [1.54, 1.807) is 0 Å². The van der Waals surface area contributed by atoms with Crippen LogP contribution in [0, 0.1) is 0 Å². The van der Waals surface area contributed by atoms with Crippen molar-refractivity contribution < 1.29 is 31.1 Å². The molecular formula is C4H5F6NaO. The van der Waals surface area contributed by atoms with E-state index >= 15 is 0 Å². The SMILES string of the molecule is FC(F)(F)COCC(F)(F)F.[NaH]. The van der Waals surface area contributed by atoms with Crippen molar-refractivity contribution in [2.45, 2.75) is 12.4 Å². The Labute approximate surface area is 86.4 Å². The molecule has 0 unspecified atom stereocenters. The molecule has 8 heteroatoms. The molecule has 70 valence electrons. The summed E-state index contributed by atoms with van der Waals surface area (Å²) in [5, 5.41) is 0. The Morgan fingerprint density at radius 2 is 1.00 bits per heavy atom. The minimum absolute atomic E-state index is 0. The Bertz CT molecular complexity index is 104. The van der Waals surface area contributed by atoms with Gasteiger partial charge in [0.05, 0.1) is 0 Å². The molecule has 0 saturated heterocycles. The molecule has 0 amide bonds. The van der Waals surface area contributed by atoms with Crippen LogP contribution in [-0.4, -0.2) is 55.1 Å². The van der Waals surface area contributed by atoms with Crippen LogP contribution < -0.4 is 0 Å². The van der Waals surface area contributed by atoms with Crippen LogP contribution in [0.25, 0.3) is 0 Å². The van der Waals surface area contributed by atoms with Gasteiger partial charge >= 0.3 is 41.9 Å². The zero-order chi connectivity index (χ0) is 9.12. The minimum atomic E-state index is -4.70. The molecule has 0 fully saturated rings. The third-order valence-corrected chi connectivity index (χ3v) is 0.531. The second-order valence-corrected chi connectivity index (χ2v) is 1.72. The second kappa shape index (κ2) is 5.31. The second-order valence-electron chi connectivity index (χ2n) is 1.72. The van der Waals surface area contributed by atoms with Crippen molar-refractivity contribution in [3.63, 3.8) is 0 Å². The van der Waals surface area contributed by atoms with Crippen LogP contribution in [0.4, 0.5) is 26.3 Å². The van der Waals surface area contributed by atoms with Crippen molar-refractivity contribution in [2.75, 3.05) is 13.2 Å². The Balaban J connectivity index is 0. The predicted octanol–water partition coefficient (Wildman–Crippen LogP) is 1.48. The molecular weight excluding hydrogens is 201 g/mol. The zero-order valence-electron chi connectivity index (χ0n) is 5.09. The van der Waals surface area contributed by atoms with Crippen LogP contribution in [0.15, 0.2) is 0 Å². The summed E-state index contributed by atoms with van der Waals surface area (Å²) in [6.45, 7) is -3.74. The van der Waals surface area contributed by atoms with Gasteiger partial charge in [0, 0.05) is 0 Å². The molecule has 0 saturated carbocycles. The molecule has 12 heavy (non-hydrogen) atoms. The summed E-state index contributed by atoms with van der Waals surface area (Å²) in [6.07, 6.45) is -9.41. The van der Waals surface area contributed by atoms with Gasteiger partial charge in [0.15, 0.2) is 0 Å². The van der Waals surface area contributed by atoms with Crippen molar-refractivity contribution in [1.82, 2.24) is 0 Å². The van der Waals surface area contributed by atoms with E-state index in [0.717, 1.165) is 0 Å². The number of hydrogen-bond donors (Lipinski definition) is 0. The first-order valence-electron chi connectivity index (χ1n) is 2.42. The monoisotopic (exact) mass is 206 g/mol. The van der Waals surface area contributed by atoms with Crippen molar-refractivity contribution in [3.8, 4) is 0 Å². The van der Waals surface area contributed by atoms with E-state index in [-0.39, 0.29) is 29.6 Å². The summed E-state index contributed by atoms with van der Waals surface area (Å²) >= 11 is 0. The molecule has 0 spiro atoms. The number of hydrogen-bond acceptors (Lipinski definition) is 1. The van der Waals surface area contributed by atoms with Gasteiger partial charge in [0.2, 0.25) is 0 Å². The summed E-state index contributed by atoms with van der Waals surface area (Å²) in [7, 11) is 0. The fourth-order valence-electron chi connectivity index (χ4n) is 0.282. The molecule has 0 N–H and O–H groups in total. The molecule has 0 aromatic heterocycles. The summed E-state index contributed by atoms with van der Waals surface area (Å²) in [4.78, 5) is 0. The third kappa shape index (κ3) is 13.2. The number of rotatable bonds is 2. The van der Waals surface area contributed by atoms with Crippen molar-refractivity contribution in [2.24, 2.45) is 0 Å². The van der Waals surface area contributed by atoms with Gasteiger partial charge in [-0.3, -0.25) is 0 Å². The van der Waals surface area contributed by atoms with Gasteiger partial charge in [-0.15, -0.1) is 0 Å². The van der Waals surface area contributed by atoms with Crippen LogP contribution >= 0.6 is 0 Å². The van der Waals surface area contributed by atoms with Gasteiger partial charge in [-0.25, -0.2) is 0 Å². The molecule has 1 nitrogen and oxygen atoms in total. The van der Waals surface area contributed by atoms with Gasteiger partial charge in [-0.1, -0.05) is 0 Å². The van der Waals surface area contributed by atoms with E-state index in [2.05, 4.69) is 4.74 Å². The molecule has 0 bridgehead atoms. The fraction of sp³-hybridized carbons (Fsp3) is 1.00. The first-order chi connectivity index (χ1) is 4.71. The van der Waals surface area contributed by atoms with E-state index in [1.807, 2.05) is 0 Å². The van der Waals surface area contributed by atoms with E-state index in [1.165, 1.54) is 0 Å². The van der Waals surface area contributed by atoms with Crippen molar-refractivity contribution >= 4 is 29.6 Å². The van der Waals surface area contributed by atoms with Gasteiger partial charge < -0.3 is 4.74 Å². The molecule has 0 heterocycles. The first-order valence-corrected chi connectivity index (χ1v) is 2.42. The molecule has 0 aromatic rings. The zero-order valence-corrected chi connectivity index (χ0v) is 5.09. The number of alkyl halides is 6. The maximum absolute atomic E-state index is 11.1. The van der Waals surface area contributed by atoms with Crippen LogP contribution in [-0.2, 0) is 4.74 Å². The Morgan fingerprint density at radius 3 is 1.17 bits per heavy atom. The summed E-state index contributed by atoms with van der Waals surface area (Å²) < 4.78 is 70.1. The molecule has 0 aromatic carbocycles. The van der Waals surface area contributed by atoms with Crippen molar-refractivity contribution in [1.29, 1.82) is 0 Å². The fourth-order valence-corrected chi connectivity index (χ4v) is 0.282. The Kier molecular flexibility index (Phi) is 6.65. The van der Waals surface area contributed by atoms with Crippen LogP contribution in [0.3, 0.4) is 0 Å². The van der Waals surface area contributed by atoms with Gasteiger partial charge in [0.1, 0.15) is 13.2 Å². The third-order valence-electron chi connectivity index (χ3n) is 0.531. The van der Waals surface area contributed by atoms with E-state index < -0.39 is 25.6 Å². The first kappa shape index (κ1) is 15.0. The van der Waals surface area contributed by atoms with Crippen molar-refractivity contribution in [3.05, 3.63) is 0 Å². The van der Waals surface area contributed by atoms with E-state index in [0.29, 0.717) is 0 Å². The molecule has 0 rings (SSSR count). The summed E-state index contributed by atoms with van der Waals surface area (Å²) in [5.74, 6) is 0. The summed E-state index contributed by atoms with van der Waals surface area (Å²) in [5.41, 5.74) is 0. The average Bonchev–Trinajstić information content (AvgIpc) is 1.55. The normalized spacial score (nSPS) is 12.5. The number of halogens is 6. The topological polar surface area (TPSA) is 9.23 Å². The summed E-state index contributed by atoms with van der Waals surface area (Å²) in [6, 6.07) is 0. The van der Waals surface area contributed by atoms with E-state index in [9.17, 15) is 26.3 Å². The Morgan fingerprint density at radius 1 is 0.750 bits per heavy atom. The van der Waals surface area contributed by atoms with E-state index in [4.69, 9.17) is 0 Å². The average molecular weight is 206 g/mol. The molecule has 0 atom stereocenters. The van der Waals surface area contributed by atoms with Gasteiger partial charge in [0.25, 0.3) is 0 Å². The standard InChI is InChI=1S/C4H4F6O.Na.H/c5-3(6,7)1-11-2-4(8,9)10;;/h1-2H2;;. The predicted molar refractivity (Wildman–Crippen MR) is 30.1 cm³/mol.